The molecule has 0 bridgehead atoms. The summed E-state index contributed by atoms with van der Waals surface area (Å²) in [5, 5.41) is 10.8. The lowest BCUT2D eigenvalue weighted by Gasteiger charge is -2.38. The summed E-state index contributed by atoms with van der Waals surface area (Å²) in [4.78, 5) is 19.4. The Bertz CT molecular complexity index is 570. The van der Waals surface area contributed by atoms with Crippen LogP contribution in [-0.2, 0) is 11.2 Å². The van der Waals surface area contributed by atoms with Gasteiger partial charge in [-0.1, -0.05) is 30.3 Å². The van der Waals surface area contributed by atoms with Gasteiger partial charge in [0.25, 0.3) is 5.91 Å². The van der Waals surface area contributed by atoms with Crippen LogP contribution in [0.3, 0.4) is 0 Å². The molecule has 0 aromatic heterocycles. The van der Waals surface area contributed by atoms with E-state index in [-0.39, 0.29) is 5.91 Å². The molecule has 0 spiro atoms. The van der Waals surface area contributed by atoms with Crippen molar-refractivity contribution in [3.8, 4) is 0 Å². The first-order valence-corrected chi connectivity index (χ1v) is 10.0. The van der Waals surface area contributed by atoms with Gasteiger partial charge in [0.2, 0.25) is 0 Å². The standard InChI is InChI=1S/C21H33N3O2/c1-22-15-10-21(26,11-16-22)20(25)24-14-6-13-23(17-18-24)12-5-9-19-7-3-2-4-8-19/h2-4,7-8,26H,5-6,9-18H2,1H3. The second-order valence-electron chi connectivity index (χ2n) is 7.91. The highest BCUT2D eigenvalue weighted by Gasteiger charge is 2.41. The van der Waals surface area contributed by atoms with Gasteiger partial charge in [-0.05, 0) is 57.8 Å². The Hall–Kier alpha value is -1.43. The zero-order valence-corrected chi connectivity index (χ0v) is 16.1. The summed E-state index contributed by atoms with van der Waals surface area (Å²) in [6.45, 7) is 6.13. The van der Waals surface area contributed by atoms with Crippen LogP contribution < -0.4 is 0 Å². The van der Waals surface area contributed by atoms with Crippen LogP contribution in [0.25, 0.3) is 0 Å². The van der Waals surface area contributed by atoms with Crippen molar-refractivity contribution < 1.29 is 9.90 Å². The van der Waals surface area contributed by atoms with Gasteiger partial charge in [-0.25, -0.2) is 0 Å². The number of aryl methyl sites for hydroxylation is 1. The lowest BCUT2D eigenvalue weighted by atomic mass is 9.90. The van der Waals surface area contributed by atoms with Gasteiger partial charge in [-0.2, -0.15) is 0 Å². The number of amides is 1. The van der Waals surface area contributed by atoms with Gasteiger partial charge in [0, 0.05) is 32.7 Å². The first kappa shape index (κ1) is 19.3. The normalized spacial score (nSPS) is 22.2. The topological polar surface area (TPSA) is 47.0 Å². The molecule has 0 radical (unpaired) electrons. The molecule has 0 aliphatic carbocycles. The number of rotatable bonds is 5. The van der Waals surface area contributed by atoms with Crippen molar-refractivity contribution in [3.05, 3.63) is 35.9 Å². The Morgan fingerprint density at radius 2 is 1.77 bits per heavy atom. The van der Waals surface area contributed by atoms with Gasteiger partial charge in [0.1, 0.15) is 5.60 Å². The molecule has 2 heterocycles. The smallest absolute Gasteiger partial charge is 0.254 e. The molecule has 0 atom stereocenters. The maximum absolute atomic E-state index is 12.9. The van der Waals surface area contributed by atoms with Crippen molar-refractivity contribution in [2.24, 2.45) is 0 Å². The van der Waals surface area contributed by atoms with Crippen LogP contribution in [0, 0.1) is 0 Å². The lowest BCUT2D eigenvalue weighted by Crippen LogP contribution is -2.55. The number of likely N-dealkylation sites (tertiary alicyclic amines) is 1. The summed E-state index contributed by atoms with van der Waals surface area (Å²) in [7, 11) is 2.04. The summed E-state index contributed by atoms with van der Waals surface area (Å²) >= 11 is 0. The third-order valence-corrected chi connectivity index (χ3v) is 5.87. The second-order valence-corrected chi connectivity index (χ2v) is 7.91. The Morgan fingerprint density at radius 3 is 2.50 bits per heavy atom. The molecule has 2 fully saturated rings. The third-order valence-electron chi connectivity index (χ3n) is 5.87. The first-order valence-electron chi connectivity index (χ1n) is 10.0. The van der Waals surface area contributed by atoms with Gasteiger partial charge in [-0.3, -0.25) is 4.79 Å². The van der Waals surface area contributed by atoms with Crippen molar-refractivity contribution in [2.75, 3.05) is 52.9 Å². The number of nitrogens with zero attached hydrogens (tertiary/aromatic N) is 3. The van der Waals surface area contributed by atoms with Crippen molar-refractivity contribution in [1.29, 1.82) is 0 Å². The summed E-state index contributed by atoms with van der Waals surface area (Å²) in [6.07, 6.45) is 4.35. The molecule has 2 aliphatic rings. The molecule has 3 rings (SSSR count). The summed E-state index contributed by atoms with van der Waals surface area (Å²) < 4.78 is 0. The Balaban J connectivity index is 1.45. The van der Waals surface area contributed by atoms with Gasteiger partial charge < -0.3 is 19.8 Å². The average molecular weight is 360 g/mol. The molecular weight excluding hydrogens is 326 g/mol. The largest absolute Gasteiger partial charge is 0.380 e. The minimum atomic E-state index is -1.14. The van der Waals surface area contributed by atoms with Crippen LogP contribution in [0.1, 0.15) is 31.2 Å². The number of benzene rings is 1. The van der Waals surface area contributed by atoms with Crippen LogP contribution in [0.15, 0.2) is 30.3 Å². The molecule has 1 N–H and O–H groups in total. The molecule has 1 aromatic carbocycles. The molecule has 1 amide bonds. The van der Waals surface area contributed by atoms with Crippen LogP contribution in [0.2, 0.25) is 0 Å². The van der Waals surface area contributed by atoms with E-state index in [4.69, 9.17) is 0 Å². The highest BCUT2D eigenvalue weighted by atomic mass is 16.3. The molecule has 2 saturated heterocycles. The van der Waals surface area contributed by atoms with Crippen molar-refractivity contribution in [1.82, 2.24) is 14.7 Å². The average Bonchev–Trinajstić information content (AvgIpc) is 2.90. The number of aliphatic hydroxyl groups is 1. The summed E-state index contributed by atoms with van der Waals surface area (Å²) in [6, 6.07) is 10.6. The molecule has 26 heavy (non-hydrogen) atoms. The lowest BCUT2D eigenvalue weighted by molar-refractivity contribution is -0.155. The van der Waals surface area contributed by atoms with Gasteiger partial charge >= 0.3 is 0 Å². The fourth-order valence-corrected chi connectivity index (χ4v) is 4.05. The summed E-state index contributed by atoms with van der Waals surface area (Å²) in [5.74, 6) is -0.0447. The van der Waals surface area contributed by atoms with E-state index in [1.165, 1.54) is 5.56 Å². The number of hydrogen-bond donors (Lipinski definition) is 1. The van der Waals surface area contributed by atoms with E-state index >= 15 is 0 Å². The van der Waals surface area contributed by atoms with E-state index in [0.717, 1.165) is 65.1 Å². The Kier molecular flexibility index (Phi) is 6.68. The minimum Gasteiger partial charge on any atom is -0.380 e. The molecule has 0 saturated carbocycles. The third kappa shape index (κ3) is 5.06. The number of carbonyl (C=O) groups excluding carboxylic acids is 1. The molecule has 5 nitrogen and oxygen atoms in total. The number of carbonyl (C=O) groups is 1. The molecule has 1 aromatic rings. The van der Waals surface area contributed by atoms with E-state index in [1.807, 2.05) is 11.9 Å². The highest BCUT2D eigenvalue weighted by molar-refractivity contribution is 5.85. The number of hydrogen-bond acceptors (Lipinski definition) is 4. The fraction of sp³-hybridized carbons (Fsp3) is 0.667. The van der Waals surface area contributed by atoms with Crippen LogP contribution in [0.5, 0.6) is 0 Å². The second kappa shape index (κ2) is 8.98. The molecule has 2 aliphatic heterocycles. The van der Waals surface area contributed by atoms with Gasteiger partial charge in [0.15, 0.2) is 0 Å². The van der Waals surface area contributed by atoms with Gasteiger partial charge in [0.05, 0.1) is 0 Å². The number of piperidine rings is 1. The summed E-state index contributed by atoms with van der Waals surface area (Å²) in [5.41, 5.74) is 0.248. The quantitative estimate of drug-likeness (QED) is 0.868. The molecule has 144 valence electrons. The van der Waals surface area contributed by atoms with Crippen LogP contribution >= 0.6 is 0 Å². The van der Waals surface area contributed by atoms with Crippen molar-refractivity contribution in [3.63, 3.8) is 0 Å². The van der Waals surface area contributed by atoms with Crippen LogP contribution in [0.4, 0.5) is 0 Å². The Morgan fingerprint density at radius 1 is 1.04 bits per heavy atom. The zero-order valence-electron chi connectivity index (χ0n) is 16.1. The van der Waals surface area contributed by atoms with E-state index in [1.54, 1.807) is 0 Å². The molecule has 0 unspecified atom stereocenters. The zero-order chi connectivity index (χ0) is 18.4. The van der Waals surface area contributed by atoms with E-state index in [9.17, 15) is 9.90 Å². The van der Waals surface area contributed by atoms with Crippen molar-refractivity contribution >= 4 is 5.91 Å². The van der Waals surface area contributed by atoms with E-state index < -0.39 is 5.60 Å². The molecule has 5 heteroatoms. The maximum Gasteiger partial charge on any atom is 0.254 e. The first-order chi connectivity index (χ1) is 12.6. The SMILES string of the molecule is CN1CCC(O)(C(=O)N2CCCN(CCCc3ccccc3)CC2)CC1. The maximum atomic E-state index is 12.9. The van der Waals surface area contributed by atoms with Crippen LogP contribution in [-0.4, -0.2) is 84.2 Å². The molecular formula is C21H33N3O2. The fourth-order valence-electron chi connectivity index (χ4n) is 4.05. The Labute approximate surface area is 157 Å². The predicted octanol–water partition coefficient (Wildman–Crippen LogP) is 1.61. The van der Waals surface area contributed by atoms with E-state index in [2.05, 4.69) is 40.1 Å². The highest BCUT2D eigenvalue weighted by Crippen LogP contribution is 2.24. The van der Waals surface area contributed by atoms with Gasteiger partial charge in [-0.15, -0.1) is 0 Å². The predicted molar refractivity (Wildman–Crippen MR) is 104 cm³/mol. The van der Waals surface area contributed by atoms with E-state index in [0.29, 0.717) is 12.8 Å². The van der Waals surface area contributed by atoms with Crippen molar-refractivity contribution in [2.45, 2.75) is 37.7 Å². The monoisotopic (exact) mass is 359 g/mol. The minimum absolute atomic E-state index is 0.0447.